The number of hydrogen-bond donors (Lipinski definition) is 1. The molecule has 1 heterocycles. The molecule has 1 aromatic rings. The molecule has 2 rings (SSSR count). The van der Waals surface area contributed by atoms with Crippen molar-refractivity contribution < 1.29 is 21.6 Å². The molecule has 0 saturated carbocycles. The van der Waals surface area contributed by atoms with Crippen LogP contribution >= 0.6 is 0 Å². The number of piperidine rings is 1. The number of sulfone groups is 1. The molecule has 0 aromatic heterocycles. The third-order valence-corrected chi connectivity index (χ3v) is 4.61. The van der Waals surface area contributed by atoms with Crippen molar-refractivity contribution in [3.05, 3.63) is 24.3 Å². The van der Waals surface area contributed by atoms with Gasteiger partial charge in [0.25, 0.3) is 9.84 Å². The van der Waals surface area contributed by atoms with E-state index in [1.165, 1.54) is 18.6 Å². The standard InChI is InChI=1S/C12H15F3N2O2S/c13-12(14,15)20(18,19)11-6-4-10(5-7-11)16-17-8-2-1-3-9-17/h4-7,16H,1-3,8-9H2. The van der Waals surface area contributed by atoms with Crippen LogP contribution in [0.25, 0.3) is 0 Å². The largest absolute Gasteiger partial charge is 0.501 e. The van der Waals surface area contributed by atoms with Crippen LogP contribution in [0.3, 0.4) is 0 Å². The zero-order chi connectivity index (χ0) is 14.8. The van der Waals surface area contributed by atoms with Gasteiger partial charge in [0.1, 0.15) is 0 Å². The summed E-state index contributed by atoms with van der Waals surface area (Å²) in [5, 5.41) is 1.97. The second kappa shape index (κ2) is 5.61. The average Bonchev–Trinajstić information content (AvgIpc) is 2.39. The number of nitrogens with zero attached hydrogens (tertiary/aromatic N) is 1. The molecule has 1 aromatic carbocycles. The molecule has 4 nitrogen and oxygen atoms in total. The Bertz CT molecular complexity index is 549. The topological polar surface area (TPSA) is 49.4 Å². The molecule has 1 fully saturated rings. The quantitative estimate of drug-likeness (QED) is 0.933. The van der Waals surface area contributed by atoms with E-state index in [0.717, 1.165) is 38.1 Å². The van der Waals surface area contributed by atoms with Crippen molar-refractivity contribution in [2.75, 3.05) is 18.5 Å². The fraction of sp³-hybridized carbons (Fsp3) is 0.500. The summed E-state index contributed by atoms with van der Waals surface area (Å²) in [6.07, 6.45) is 3.29. The highest BCUT2D eigenvalue weighted by Gasteiger charge is 2.46. The molecule has 8 heteroatoms. The van der Waals surface area contributed by atoms with Crippen LogP contribution < -0.4 is 5.43 Å². The Morgan fingerprint density at radius 2 is 1.55 bits per heavy atom. The number of halogens is 3. The van der Waals surface area contributed by atoms with Gasteiger partial charge in [-0.1, -0.05) is 6.42 Å². The number of rotatable bonds is 3. The minimum absolute atomic E-state index is 0.577. The average molecular weight is 308 g/mol. The van der Waals surface area contributed by atoms with Crippen LogP contribution in [0.15, 0.2) is 29.2 Å². The van der Waals surface area contributed by atoms with Gasteiger partial charge < -0.3 is 5.43 Å². The van der Waals surface area contributed by atoms with Crippen molar-refractivity contribution in [1.29, 1.82) is 0 Å². The SMILES string of the molecule is O=S(=O)(c1ccc(NN2CCCCC2)cc1)C(F)(F)F. The Labute approximate surface area is 115 Å². The molecule has 1 aliphatic rings. The van der Waals surface area contributed by atoms with Gasteiger partial charge >= 0.3 is 5.51 Å². The number of alkyl halides is 3. The molecule has 0 unspecified atom stereocenters. The molecule has 1 N–H and O–H groups in total. The van der Waals surface area contributed by atoms with E-state index in [1.54, 1.807) is 0 Å². The van der Waals surface area contributed by atoms with E-state index in [9.17, 15) is 21.6 Å². The minimum atomic E-state index is -5.27. The van der Waals surface area contributed by atoms with E-state index in [1.807, 2.05) is 5.01 Å². The lowest BCUT2D eigenvalue weighted by molar-refractivity contribution is -0.0436. The van der Waals surface area contributed by atoms with Gasteiger partial charge in [0.2, 0.25) is 0 Å². The molecule has 0 bridgehead atoms. The summed E-state index contributed by atoms with van der Waals surface area (Å²) >= 11 is 0. The molecule has 0 radical (unpaired) electrons. The maximum absolute atomic E-state index is 12.4. The highest BCUT2D eigenvalue weighted by atomic mass is 32.2. The van der Waals surface area contributed by atoms with Gasteiger partial charge in [0.15, 0.2) is 0 Å². The van der Waals surface area contributed by atoms with Crippen LogP contribution in [0.1, 0.15) is 19.3 Å². The van der Waals surface area contributed by atoms with E-state index >= 15 is 0 Å². The molecule has 1 aliphatic heterocycles. The summed E-state index contributed by atoms with van der Waals surface area (Å²) in [6, 6.07) is 4.62. The smallest absolute Gasteiger partial charge is 0.319 e. The van der Waals surface area contributed by atoms with Gasteiger partial charge in [0, 0.05) is 18.8 Å². The fourth-order valence-electron chi connectivity index (χ4n) is 2.03. The van der Waals surface area contributed by atoms with Crippen molar-refractivity contribution in [2.24, 2.45) is 0 Å². The van der Waals surface area contributed by atoms with Crippen LogP contribution in [0.2, 0.25) is 0 Å². The minimum Gasteiger partial charge on any atom is -0.319 e. The van der Waals surface area contributed by atoms with Gasteiger partial charge in [-0.25, -0.2) is 13.4 Å². The lowest BCUT2D eigenvalue weighted by atomic mass is 10.2. The van der Waals surface area contributed by atoms with E-state index in [-0.39, 0.29) is 0 Å². The van der Waals surface area contributed by atoms with Gasteiger partial charge in [-0.2, -0.15) is 13.2 Å². The molecular weight excluding hydrogens is 293 g/mol. The summed E-state index contributed by atoms with van der Waals surface area (Å²) in [6.45, 7) is 1.73. The summed E-state index contributed by atoms with van der Waals surface area (Å²) in [7, 11) is -5.27. The lowest BCUT2D eigenvalue weighted by Crippen LogP contribution is -2.34. The number of benzene rings is 1. The highest BCUT2D eigenvalue weighted by Crippen LogP contribution is 2.30. The maximum Gasteiger partial charge on any atom is 0.501 e. The number of hydrazine groups is 1. The molecule has 112 valence electrons. The highest BCUT2D eigenvalue weighted by molar-refractivity contribution is 7.92. The lowest BCUT2D eigenvalue weighted by Gasteiger charge is -2.27. The first-order valence-corrected chi connectivity index (χ1v) is 7.72. The fourth-order valence-corrected chi connectivity index (χ4v) is 2.79. The maximum atomic E-state index is 12.4. The second-order valence-electron chi connectivity index (χ2n) is 4.63. The molecule has 0 atom stereocenters. The van der Waals surface area contributed by atoms with Crippen LogP contribution in [0, 0.1) is 0 Å². The van der Waals surface area contributed by atoms with E-state index in [4.69, 9.17) is 0 Å². The van der Waals surface area contributed by atoms with Crippen molar-refractivity contribution in [2.45, 2.75) is 29.7 Å². The van der Waals surface area contributed by atoms with Crippen molar-refractivity contribution in [1.82, 2.24) is 5.01 Å². The van der Waals surface area contributed by atoms with Crippen LogP contribution in [-0.2, 0) is 9.84 Å². The Balaban J connectivity index is 2.10. The van der Waals surface area contributed by atoms with E-state index in [2.05, 4.69) is 5.43 Å². The number of nitrogens with one attached hydrogen (secondary N) is 1. The Morgan fingerprint density at radius 3 is 2.05 bits per heavy atom. The zero-order valence-corrected chi connectivity index (χ0v) is 11.5. The third kappa shape index (κ3) is 3.24. The zero-order valence-electron chi connectivity index (χ0n) is 10.7. The van der Waals surface area contributed by atoms with Gasteiger partial charge in [-0.05, 0) is 37.1 Å². The van der Waals surface area contributed by atoms with Crippen molar-refractivity contribution >= 4 is 15.5 Å². The molecule has 20 heavy (non-hydrogen) atoms. The second-order valence-corrected chi connectivity index (χ2v) is 6.57. The van der Waals surface area contributed by atoms with Crippen molar-refractivity contribution in [3.8, 4) is 0 Å². The summed E-state index contributed by atoms with van der Waals surface area (Å²) in [5.74, 6) is 0. The molecule has 1 saturated heterocycles. The first-order valence-electron chi connectivity index (χ1n) is 6.24. The van der Waals surface area contributed by atoms with Crippen LogP contribution in [-0.4, -0.2) is 32.0 Å². The van der Waals surface area contributed by atoms with E-state index in [0.29, 0.717) is 5.69 Å². The van der Waals surface area contributed by atoms with Gasteiger partial charge in [0.05, 0.1) is 4.90 Å². The number of hydrogen-bond acceptors (Lipinski definition) is 4. The Morgan fingerprint density at radius 1 is 1.00 bits per heavy atom. The monoisotopic (exact) mass is 308 g/mol. The van der Waals surface area contributed by atoms with Gasteiger partial charge in [-0.3, -0.25) is 0 Å². The molecular formula is C12H15F3N2O2S. The van der Waals surface area contributed by atoms with Gasteiger partial charge in [-0.15, -0.1) is 0 Å². The Kier molecular flexibility index (Phi) is 4.24. The first-order chi connectivity index (χ1) is 9.30. The predicted molar refractivity (Wildman–Crippen MR) is 68.7 cm³/mol. The predicted octanol–water partition coefficient (Wildman–Crippen LogP) is 2.79. The van der Waals surface area contributed by atoms with Crippen LogP contribution in [0.5, 0.6) is 0 Å². The molecule has 0 aliphatic carbocycles. The summed E-state index contributed by atoms with van der Waals surface area (Å²) in [5.41, 5.74) is -1.64. The normalized spacial score (nSPS) is 17.9. The molecule has 0 amide bonds. The summed E-state index contributed by atoms with van der Waals surface area (Å²) < 4.78 is 59.5. The third-order valence-electron chi connectivity index (χ3n) is 3.11. The summed E-state index contributed by atoms with van der Waals surface area (Å²) in [4.78, 5) is -0.741. The van der Waals surface area contributed by atoms with Crippen LogP contribution in [0.4, 0.5) is 18.9 Å². The van der Waals surface area contributed by atoms with Crippen molar-refractivity contribution in [3.63, 3.8) is 0 Å². The number of anilines is 1. The van der Waals surface area contributed by atoms with E-state index < -0.39 is 20.2 Å². The first kappa shape index (κ1) is 15.1. The molecule has 0 spiro atoms. The Hall–Kier alpha value is -1.28.